The lowest BCUT2D eigenvalue weighted by Crippen LogP contribution is -2.14. The normalized spacial score (nSPS) is 12.1. The minimum atomic E-state index is -0.0613. The molecule has 0 atom stereocenters. The first-order chi connectivity index (χ1) is 6.09. The topological polar surface area (TPSA) is 46.3 Å². The highest BCUT2D eigenvalue weighted by Crippen LogP contribution is 2.07. The second-order valence-corrected chi connectivity index (χ2v) is 3.17. The Morgan fingerprint density at radius 1 is 1.31 bits per heavy atom. The van der Waals surface area contributed by atoms with Gasteiger partial charge < -0.3 is 10.3 Å². The quantitative estimate of drug-likeness (QED) is 0.325. The summed E-state index contributed by atoms with van der Waals surface area (Å²) in [5.74, 6) is 0.208. The van der Waals surface area contributed by atoms with Gasteiger partial charge in [-0.1, -0.05) is 0 Å². The van der Waals surface area contributed by atoms with E-state index in [0.717, 1.165) is 10.3 Å². The van der Waals surface area contributed by atoms with Crippen LogP contribution >= 0.6 is 0 Å². The number of hydrogen-bond acceptors (Lipinski definition) is 2. The van der Waals surface area contributed by atoms with Gasteiger partial charge in [0.05, 0.1) is 0 Å². The van der Waals surface area contributed by atoms with Gasteiger partial charge in [-0.25, -0.2) is 4.74 Å². The summed E-state index contributed by atoms with van der Waals surface area (Å²) < 4.78 is 0.881. The molecule has 0 radical (unpaired) electrons. The van der Waals surface area contributed by atoms with Crippen LogP contribution in [0.3, 0.4) is 0 Å². The van der Waals surface area contributed by atoms with Gasteiger partial charge in [-0.15, -0.1) is 0 Å². The molecule has 0 aliphatic heterocycles. The first-order valence-electron chi connectivity index (χ1n) is 4.19. The Morgan fingerprint density at radius 2 is 1.85 bits per heavy atom. The van der Waals surface area contributed by atoms with Gasteiger partial charge in [0.2, 0.25) is 0 Å². The Hall–Kier alpha value is -1.51. The molecule has 70 valence electrons. The standard InChI is InChI=1S/C10H13NO2/c1-8(2)11(13)7-9-3-5-10(12)6-4-9/h3-8,12H,1-2H3/b11-7+. The highest BCUT2D eigenvalue weighted by Gasteiger charge is 2.00. The molecule has 3 heteroatoms. The summed E-state index contributed by atoms with van der Waals surface area (Å²) >= 11 is 0. The Labute approximate surface area is 77.5 Å². The third-order valence-corrected chi connectivity index (χ3v) is 1.68. The van der Waals surface area contributed by atoms with E-state index in [-0.39, 0.29) is 11.8 Å². The van der Waals surface area contributed by atoms with Crippen LogP contribution in [0.1, 0.15) is 19.4 Å². The van der Waals surface area contributed by atoms with E-state index in [0.29, 0.717) is 0 Å². The van der Waals surface area contributed by atoms with Crippen molar-refractivity contribution in [2.45, 2.75) is 19.9 Å². The average Bonchev–Trinajstić information content (AvgIpc) is 2.08. The summed E-state index contributed by atoms with van der Waals surface area (Å²) in [5, 5.41) is 20.2. The van der Waals surface area contributed by atoms with E-state index in [1.807, 2.05) is 13.8 Å². The lowest BCUT2D eigenvalue weighted by atomic mass is 10.2. The Kier molecular flexibility index (Phi) is 2.90. The number of nitrogens with zero attached hydrogens (tertiary/aromatic N) is 1. The molecule has 1 aromatic rings. The lowest BCUT2D eigenvalue weighted by molar-refractivity contribution is -0.487. The van der Waals surface area contributed by atoms with Crippen LogP contribution in [-0.2, 0) is 0 Å². The fraction of sp³-hybridized carbons (Fsp3) is 0.300. The molecule has 0 amide bonds. The molecule has 0 saturated carbocycles. The van der Waals surface area contributed by atoms with Gasteiger partial charge in [0.25, 0.3) is 0 Å². The molecule has 0 aromatic heterocycles. The van der Waals surface area contributed by atoms with Crippen molar-refractivity contribution in [2.75, 3.05) is 0 Å². The molecular formula is C10H13NO2. The summed E-state index contributed by atoms with van der Waals surface area (Å²) in [7, 11) is 0. The van der Waals surface area contributed by atoms with Gasteiger partial charge >= 0.3 is 0 Å². The summed E-state index contributed by atoms with van der Waals surface area (Å²) in [5.41, 5.74) is 0.793. The first kappa shape index (κ1) is 9.58. The third kappa shape index (κ3) is 2.78. The fourth-order valence-corrected chi connectivity index (χ4v) is 0.856. The van der Waals surface area contributed by atoms with Crippen molar-refractivity contribution in [2.24, 2.45) is 0 Å². The zero-order valence-electron chi connectivity index (χ0n) is 7.77. The summed E-state index contributed by atoms with van der Waals surface area (Å²) in [4.78, 5) is 0. The maximum Gasteiger partial charge on any atom is 0.182 e. The van der Waals surface area contributed by atoms with E-state index in [9.17, 15) is 5.21 Å². The second-order valence-electron chi connectivity index (χ2n) is 3.17. The zero-order valence-corrected chi connectivity index (χ0v) is 7.77. The summed E-state index contributed by atoms with van der Waals surface area (Å²) in [6.45, 7) is 3.65. The molecule has 0 unspecified atom stereocenters. The highest BCUT2D eigenvalue weighted by atomic mass is 16.5. The predicted octanol–water partition coefficient (Wildman–Crippen LogP) is 1.73. The molecule has 13 heavy (non-hydrogen) atoms. The van der Waals surface area contributed by atoms with Crippen molar-refractivity contribution >= 4 is 6.21 Å². The van der Waals surface area contributed by atoms with Crippen molar-refractivity contribution < 1.29 is 9.85 Å². The Bertz CT molecular complexity index is 301. The summed E-state index contributed by atoms with van der Waals surface area (Å²) in [6.07, 6.45) is 1.50. The van der Waals surface area contributed by atoms with Crippen LogP contribution in [0.4, 0.5) is 0 Å². The zero-order chi connectivity index (χ0) is 9.84. The third-order valence-electron chi connectivity index (χ3n) is 1.68. The molecule has 1 N–H and O–H groups in total. The largest absolute Gasteiger partial charge is 0.624 e. The number of phenols is 1. The van der Waals surface area contributed by atoms with Crippen LogP contribution in [0.15, 0.2) is 24.3 Å². The molecule has 0 bridgehead atoms. The van der Waals surface area contributed by atoms with Crippen LogP contribution in [0.5, 0.6) is 5.75 Å². The van der Waals surface area contributed by atoms with Gasteiger partial charge in [0.1, 0.15) is 5.75 Å². The summed E-state index contributed by atoms with van der Waals surface area (Å²) in [6, 6.07) is 6.44. The minimum Gasteiger partial charge on any atom is -0.624 e. The molecule has 3 nitrogen and oxygen atoms in total. The van der Waals surface area contributed by atoms with Crippen LogP contribution in [0, 0.1) is 5.21 Å². The van der Waals surface area contributed by atoms with Gasteiger partial charge in [-0.2, -0.15) is 0 Å². The fourth-order valence-electron chi connectivity index (χ4n) is 0.856. The number of phenolic OH excluding ortho intramolecular Hbond substituents is 1. The van der Waals surface area contributed by atoms with Crippen LogP contribution in [0.2, 0.25) is 0 Å². The van der Waals surface area contributed by atoms with E-state index in [1.54, 1.807) is 24.3 Å². The second kappa shape index (κ2) is 3.94. The molecule has 0 spiro atoms. The average molecular weight is 179 g/mol. The van der Waals surface area contributed by atoms with E-state index in [2.05, 4.69) is 0 Å². The number of hydrogen-bond donors (Lipinski definition) is 1. The van der Waals surface area contributed by atoms with E-state index < -0.39 is 0 Å². The lowest BCUT2D eigenvalue weighted by Gasteiger charge is -2.06. The number of aromatic hydroxyl groups is 1. The van der Waals surface area contributed by atoms with Crippen LogP contribution < -0.4 is 0 Å². The monoisotopic (exact) mass is 179 g/mol. The Balaban J connectivity index is 2.85. The van der Waals surface area contributed by atoms with E-state index in [4.69, 9.17) is 5.11 Å². The molecule has 0 saturated heterocycles. The highest BCUT2D eigenvalue weighted by molar-refractivity contribution is 5.75. The van der Waals surface area contributed by atoms with Gasteiger partial charge in [-0.3, -0.25) is 0 Å². The maximum absolute atomic E-state index is 11.2. The predicted molar refractivity (Wildman–Crippen MR) is 52.0 cm³/mol. The van der Waals surface area contributed by atoms with E-state index in [1.165, 1.54) is 6.21 Å². The SMILES string of the molecule is CC(C)/[N+]([O-])=C\c1ccc(O)cc1. The van der Waals surface area contributed by atoms with Crippen molar-refractivity contribution in [3.8, 4) is 5.75 Å². The van der Waals surface area contributed by atoms with Crippen molar-refractivity contribution in [1.29, 1.82) is 0 Å². The number of benzene rings is 1. The first-order valence-corrected chi connectivity index (χ1v) is 4.19. The van der Waals surface area contributed by atoms with Crippen molar-refractivity contribution in [1.82, 2.24) is 0 Å². The number of hydroxylamine groups is 1. The molecule has 0 aliphatic carbocycles. The Morgan fingerprint density at radius 3 is 2.31 bits per heavy atom. The molecule has 1 rings (SSSR count). The van der Waals surface area contributed by atoms with Gasteiger partial charge in [0.15, 0.2) is 12.3 Å². The number of rotatable bonds is 2. The van der Waals surface area contributed by atoms with Crippen molar-refractivity contribution in [3.05, 3.63) is 35.0 Å². The van der Waals surface area contributed by atoms with Crippen LogP contribution in [-0.4, -0.2) is 22.1 Å². The van der Waals surface area contributed by atoms with Crippen molar-refractivity contribution in [3.63, 3.8) is 0 Å². The molecule has 0 fully saturated rings. The molecule has 1 aromatic carbocycles. The minimum absolute atomic E-state index is 0.0613. The molecule has 0 heterocycles. The smallest absolute Gasteiger partial charge is 0.182 e. The van der Waals surface area contributed by atoms with E-state index >= 15 is 0 Å². The molecular weight excluding hydrogens is 166 g/mol. The van der Waals surface area contributed by atoms with Gasteiger partial charge in [-0.05, 0) is 38.1 Å². The van der Waals surface area contributed by atoms with Gasteiger partial charge in [0, 0.05) is 5.56 Å². The van der Waals surface area contributed by atoms with Crippen LogP contribution in [0.25, 0.3) is 0 Å². The molecule has 0 aliphatic rings. The maximum atomic E-state index is 11.2.